The quantitative estimate of drug-likeness (QED) is 0.815. The van der Waals surface area contributed by atoms with Crippen LogP contribution in [0.1, 0.15) is 28.2 Å². The number of amides is 1. The second-order valence-electron chi connectivity index (χ2n) is 6.10. The molecule has 0 aromatic carbocycles. The summed E-state index contributed by atoms with van der Waals surface area (Å²) in [5.74, 6) is 1.12. The van der Waals surface area contributed by atoms with Crippen LogP contribution in [0.5, 0.6) is 0 Å². The minimum atomic E-state index is 0.0533. The minimum Gasteiger partial charge on any atom is -0.353 e. The Hall–Kier alpha value is -2.44. The largest absolute Gasteiger partial charge is 0.353 e. The van der Waals surface area contributed by atoms with Gasteiger partial charge in [-0.25, -0.2) is 9.97 Å². The Bertz CT molecular complexity index is 732. The number of hydrogen-bond acceptors (Lipinski definition) is 5. The minimum absolute atomic E-state index is 0.0533. The Balaban J connectivity index is 1.47. The van der Waals surface area contributed by atoms with Gasteiger partial charge in [-0.1, -0.05) is 0 Å². The lowest BCUT2D eigenvalue weighted by Gasteiger charge is -2.36. The van der Waals surface area contributed by atoms with E-state index in [1.54, 1.807) is 30.3 Å². The predicted molar refractivity (Wildman–Crippen MR) is 85.4 cm³/mol. The number of rotatable bonds is 2. The van der Waals surface area contributed by atoms with Gasteiger partial charge in [0.2, 0.25) is 0 Å². The van der Waals surface area contributed by atoms with Gasteiger partial charge in [-0.2, -0.15) is 5.10 Å². The smallest absolute Gasteiger partial charge is 0.272 e. The van der Waals surface area contributed by atoms with Gasteiger partial charge in [0, 0.05) is 50.7 Å². The maximum absolute atomic E-state index is 12.5. The van der Waals surface area contributed by atoms with Crippen molar-refractivity contribution in [3.8, 4) is 0 Å². The van der Waals surface area contributed by atoms with Crippen LogP contribution in [0.2, 0.25) is 0 Å². The van der Waals surface area contributed by atoms with Crippen molar-refractivity contribution in [3.05, 3.63) is 35.5 Å². The molecule has 1 saturated heterocycles. The van der Waals surface area contributed by atoms with E-state index in [1.165, 1.54) is 17.7 Å². The molecule has 0 saturated carbocycles. The van der Waals surface area contributed by atoms with Crippen LogP contribution in [-0.4, -0.2) is 56.7 Å². The molecule has 0 radical (unpaired) electrons. The molecule has 1 aliphatic heterocycles. The predicted octanol–water partition coefficient (Wildman–Crippen LogP) is 0.661. The Morgan fingerprint density at radius 2 is 1.96 bits per heavy atom. The lowest BCUT2D eigenvalue weighted by atomic mass is 10.2. The van der Waals surface area contributed by atoms with Crippen molar-refractivity contribution in [2.45, 2.75) is 19.3 Å². The lowest BCUT2D eigenvalue weighted by molar-refractivity contribution is 0.0735. The van der Waals surface area contributed by atoms with Crippen molar-refractivity contribution in [3.63, 3.8) is 0 Å². The van der Waals surface area contributed by atoms with Crippen LogP contribution >= 0.6 is 0 Å². The molecule has 2 aliphatic rings. The van der Waals surface area contributed by atoms with Gasteiger partial charge in [-0.05, 0) is 25.3 Å². The van der Waals surface area contributed by atoms with Gasteiger partial charge in [0.25, 0.3) is 5.91 Å². The fraction of sp³-hybridized carbons (Fsp3) is 0.500. The van der Waals surface area contributed by atoms with E-state index in [4.69, 9.17) is 0 Å². The molecule has 2 aromatic rings. The second kappa shape index (κ2) is 5.64. The number of aromatic nitrogens is 4. The summed E-state index contributed by atoms with van der Waals surface area (Å²) < 4.78 is 1.63. The van der Waals surface area contributed by atoms with Crippen LogP contribution in [0.25, 0.3) is 0 Å². The van der Waals surface area contributed by atoms with Crippen molar-refractivity contribution in [2.24, 2.45) is 7.05 Å². The summed E-state index contributed by atoms with van der Waals surface area (Å²) in [7, 11) is 1.80. The number of fused-ring (bicyclic) bond motifs is 1. The number of carbonyl (C=O) groups is 1. The van der Waals surface area contributed by atoms with Crippen LogP contribution in [-0.2, 0) is 19.9 Å². The maximum atomic E-state index is 12.5. The van der Waals surface area contributed by atoms with E-state index in [9.17, 15) is 4.79 Å². The molecule has 7 nitrogen and oxygen atoms in total. The van der Waals surface area contributed by atoms with E-state index in [-0.39, 0.29) is 5.91 Å². The van der Waals surface area contributed by atoms with Crippen LogP contribution in [0.3, 0.4) is 0 Å². The fourth-order valence-electron chi connectivity index (χ4n) is 3.48. The van der Waals surface area contributed by atoms with Gasteiger partial charge < -0.3 is 9.80 Å². The summed E-state index contributed by atoms with van der Waals surface area (Å²) in [5.41, 5.74) is 3.14. The maximum Gasteiger partial charge on any atom is 0.272 e. The molecule has 3 heterocycles. The average Bonchev–Trinajstić information content (AvgIpc) is 3.22. The molecule has 0 unspecified atom stereocenters. The molecule has 1 amide bonds. The number of piperazine rings is 1. The molecule has 0 atom stereocenters. The van der Waals surface area contributed by atoms with E-state index in [2.05, 4.69) is 20.0 Å². The summed E-state index contributed by atoms with van der Waals surface area (Å²) in [4.78, 5) is 25.6. The normalized spacial score (nSPS) is 17.4. The Kier molecular flexibility index (Phi) is 3.48. The Labute approximate surface area is 134 Å². The molecule has 23 heavy (non-hydrogen) atoms. The average molecular weight is 312 g/mol. The zero-order valence-corrected chi connectivity index (χ0v) is 13.3. The topological polar surface area (TPSA) is 67.2 Å². The first kappa shape index (κ1) is 14.2. The number of anilines is 1. The highest BCUT2D eigenvalue weighted by molar-refractivity contribution is 5.92. The van der Waals surface area contributed by atoms with Crippen LogP contribution < -0.4 is 4.90 Å². The third-order valence-corrected chi connectivity index (χ3v) is 4.76. The first-order valence-electron chi connectivity index (χ1n) is 8.09. The van der Waals surface area contributed by atoms with E-state index in [0.717, 1.165) is 31.7 Å². The van der Waals surface area contributed by atoms with Gasteiger partial charge in [0.15, 0.2) is 0 Å². The van der Waals surface area contributed by atoms with Crippen molar-refractivity contribution in [1.82, 2.24) is 24.6 Å². The summed E-state index contributed by atoms with van der Waals surface area (Å²) in [5, 5.41) is 4.08. The molecule has 1 fully saturated rings. The summed E-state index contributed by atoms with van der Waals surface area (Å²) in [6, 6.07) is 1.77. The SMILES string of the molecule is Cn1nccc1C(=O)N1CCN(c2ncnc3c2CCC3)CC1. The summed E-state index contributed by atoms with van der Waals surface area (Å²) in [6.45, 7) is 3.05. The van der Waals surface area contributed by atoms with Gasteiger partial charge in [0.1, 0.15) is 17.8 Å². The molecular formula is C16H20N6O. The van der Waals surface area contributed by atoms with Gasteiger partial charge in [0.05, 0.1) is 0 Å². The second-order valence-corrected chi connectivity index (χ2v) is 6.10. The molecule has 4 rings (SSSR count). The number of aryl methyl sites for hydroxylation is 2. The molecule has 120 valence electrons. The highest BCUT2D eigenvalue weighted by Crippen LogP contribution is 2.28. The number of carbonyl (C=O) groups excluding carboxylic acids is 1. The standard InChI is InChI=1S/C16H20N6O/c1-20-14(5-6-19-20)16(23)22-9-7-21(8-10-22)15-12-3-2-4-13(12)17-11-18-15/h5-6,11H,2-4,7-10H2,1H3. The lowest BCUT2D eigenvalue weighted by Crippen LogP contribution is -2.49. The van der Waals surface area contributed by atoms with E-state index in [0.29, 0.717) is 18.8 Å². The molecule has 7 heteroatoms. The van der Waals surface area contributed by atoms with E-state index < -0.39 is 0 Å². The van der Waals surface area contributed by atoms with Gasteiger partial charge in [-0.15, -0.1) is 0 Å². The first-order chi connectivity index (χ1) is 11.2. The van der Waals surface area contributed by atoms with E-state index >= 15 is 0 Å². The van der Waals surface area contributed by atoms with Crippen molar-refractivity contribution >= 4 is 11.7 Å². The van der Waals surface area contributed by atoms with Crippen LogP contribution in [0, 0.1) is 0 Å². The number of hydrogen-bond donors (Lipinski definition) is 0. The summed E-state index contributed by atoms with van der Waals surface area (Å²) in [6.07, 6.45) is 6.63. The number of nitrogens with zero attached hydrogens (tertiary/aromatic N) is 6. The molecule has 0 spiro atoms. The Morgan fingerprint density at radius 3 is 2.70 bits per heavy atom. The summed E-state index contributed by atoms with van der Waals surface area (Å²) >= 11 is 0. The van der Waals surface area contributed by atoms with Crippen molar-refractivity contribution < 1.29 is 4.79 Å². The molecule has 2 aromatic heterocycles. The van der Waals surface area contributed by atoms with Crippen LogP contribution in [0.15, 0.2) is 18.6 Å². The van der Waals surface area contributed by atoms with Gasteiger partial charge >= 0.3 is 0 Å². The van der Waals surface area contributed by atoms with Crippen LogP contribution in [0.4, 0.5) is 5.82 Å². The van der Waals surface area contributed by atoms with Gasteiger partial charge in [-0.3, -0.25) is 9.48 Å². The zero-order chi connectivity index (χ0) is 15.8. The third kappa shape index (κ3) is 2.46. The zero-order valence-electron chi connectivity index (χ0n) is 13.3. The molecule has 0 bridgehead atoms. The fourth-order valence-corrected chi connectivity index (χ4v) is 3.48. The highest BCUT2D eigenvalue weighted by Gasteiger charge is 2.27. The van der Waals surface area contributed by atoms with Crippen molar-refractivity contribution in [1.29, 1.82) is 0 Å². The first-order valence-corrected chi connectivity index (χ1v) is 8.09. The molecule has 1 aliphatic carbocycles. The van der Waals surface area contributed by atoms with Crippen molar-refractivity contribution in [2.75, 3.05) is 31.1 Å². The van der Waals surface area contributed by atoms with E-state index in [1.807, 2.05) is 4.90 Å². The highest BCUT2D eigenvalue weighted by atomic mass is 16.2. The Morgan fingerprint density at radius 1 is 1.13 bits per heavy atom. The third-order valence-electron chi connectivity index (χ3n) is 4.76. The molecule has 0 N–H and O–H groups in total. The molecular weight excluding hydrogens is 292 g/mol. The monoisotopic (exact) mass is 312 g/mol.